The SMILES string of the molecule is CCCOc1ccc(C(=O)NNC(=O)COc2ccccc2C)cc1OCC. The summed E-state index contributed by atoms with van der Waals surface area (Å²) in [5.74, 6) is 0.749. The molecule has 2 rings (SSSR count). The molecular weight excluding hydrogens is 360 g/mol. The van der Waals surface area contributed by atoms with E-state index in [4.69, 9.17) is 14.2 Å². The fourth-order valence-corrected chi connectivity index (χ4v) is 2.35. The molecule has 7 heteroatoms. The van der Waals surface area contributed by atoms with E-state index in [2.05, 4.69) is 10.9 Å². The molecule has 0 heterocycles. The molecule has 0 atom stereocenters. The minimum absolute atomic E-state index is 0.209. The highest BCUT2D eigenvalue weighted by molar-refractivity contribution is 5.96. The number of carbonyl (C=O) groups excluding carboxylic acids is 2. The van der Waals surface area contributed by atoms with Crippen LogP contribution in [0, 0.1) is 6.92 Å². The highest BCUT2D eigenvalue weighted by Crippen LogP contribution is 2.28. The molecule has 2 amide bonds. The highest BCUT2D eigenvalue weighted by atomic mass is 16.5. The van der Waals surface area contributed by atoms with Crippen LogP contribution in [0.25, 0.3) is 0 Å². The van der Waals surface area contributed by atoms with Crippen LogP contribution >= 0.6 is 0 Å². The summed E-state index contributed by atoms with van der Waals surface area (Å²) in [5.41, 5.74) is 5.97. The lowest BCUT2D eigenvalue weighted by atomic mass is 10.2. The number of amides is 2. The molecule has 0 aliphatic carbocycles. The van der Waals surface area contributed by atoms with Gasteiger partial charge in [0.1, 0.15) is 5.75 Å². The van der Waals surface area contributed by atoms with Crippen LogP contribution in [-0.4, -0.2) is 31.6 Å². The van der Waals surface area contributed by atoms with Gasteiger partial charge in [0.05, 0.1) is 13.2 Å². The summed E-state index contributed by atoms with van der Waals surface area (Å²) in [5, 5.41) is 0. The van der Waals surface area contributed by atoms with Crippen molar-refractivity contribution < 1.29 is 23.8 Å². The normalized spacial score (nSPS) is 10.1. The fraction of sp³-hybridized carbons (Fsp3) is 0.333. The molecule has 2 aromatic rings. The minimum Gasteiger partial charge on any atom is -0.490 e. The molecule has 150 valence electrons. The molecule has 2 N–H and O–H groups in total. The first kappa shape index (κ1) is 21.1. The van der Waals surface area contributed by atoms with E-state index in [9.17, 15) is 9.59 Å². The van der Waals surface area contributed by atoms with Crippen LogP contribution in [-0.2, 0) is 4.79 Å². The average Bonchev–Trinajstić information content (AvgIpc) is 2.70. The Labute approximate surface area is 165 Å². The summed E-state index contributed by atoms with van der Waals surface area (Å²) in [6.07, 6.45) is 0.865. The molecule has 0 saturated heterocycles. The molecule has 2 aromatic carbocycles. The van der Waals surface area contributed by atoms with Crippen molar-refractivity contribution in [2.24, 2.45) is 0 Å². The molecular formula is C21H26N2O5. The van der Waals surface area contributed by atoms with Crippen molar-refractivity contribution in [3.05, 3.63) is 53.6 Å². The van der Waals surface area contributed by atoms with Crippen LogP contribution in [0.5, 0.6) is 17.2 Å². The van der Waals surface area contributed by atoms with E-state index < -0.39 is 11.8 Å². The number of aryl methyl sites for hydroxylation is 1. The maximum absolute atomic E-state index is 12.3. The topological polar surface area (TPSA) is 85.9 Å². The Bertz CT molecular complexity index is 807. The molecule has 0 unspecified atom stereocenters. The molecule has 7 nitrogen and oxygen atoms in total. The van der Waals surface area contributed by atoms with Gasteiger partial charge in [0.15, 0.2) is 18.1 Å². The molecule has 0 aromatic heterocycles. The summed E-state index contributed by atoms with van der Waals surface area (Å²) in [6.45, 7) is 6.54. The number of carbonyl (C=O) groups is 2. The molecule has 28 heavy (non-hydrogen) atoms. The third kappa shape index (κ3) is 6.19. The van der Waals surface area contributed by atoms with Gasteiger partial charge in [-0.05, 0) is 50.1 Å². The first-order chi connectivity index (χ1) is 13.5. The van der Waals surface area contributed by atoms with Crippen molar-refractivity contribution >= 4 is 11.8 Å². The van der Waals surface area contributed by atoms with Gasteiger partial charge in [-0.3, -0.25) is 20.4 Å². The van der Waals surface area contributed by atoms with Crippen molar-refractivity contribution in [3.8, 4) is 17.2 Å². The van der Waals surface area contributed by atoms with Gasteiger partial charge >= 0.3 is 0 Å². The van der Waals surface area contributed by atoms with E-state index in [0.29, 0.717) is 36.0 Å². The van der Waals surface area contributed by atoms with Crippen LogP contribution in [0.4, 0.5) is 0 Å². The number of hydrogen-bond donors (Lipinski definition) is 2. The number of rotatable bonds is 9. The van der Waals surface area contributed by atoms with Crippen LogP contribution in [0.15, 0.2) is 42.5 Å². The molecule has 0 saturated carbocycles. The number of hydrazine groups is 1. The second-order valence-electron chi connectivity index (χ2n) is 6.00. The highest BCUT2D eigenvalue weighted by Gasteiger charge is 2.13. The van der Waals surface area contributed by atoms with Crippen molar-refractivity contribution in [2.75, 3.05) is 19.8 Å². The number of para-hydroxylation sites is 1. The Balaban J connectivity index is 1.90. The second-order valence-corrected chi connectivity index (χ2v) is 6.00. The van der Waals surface area contributed by atoms with Crippen LogP contribution < -0.4 is 25.1 Å². The first-order valence-electron chi connectivity index (χ1n) is 9.22. The molecule has 0 radical (unpaired) electrons. The van der Waals surface area contributed by atoms with Crippen molar-refractivity contribution in [1.82, 2.24) is 10.9 Å². The zero-order valence-corrected chi connectivity index (χ0v) is 16.4. The van der Waals surface area contributed by atoms with Crippen LogP contribution in [0.2, 0.25) is 0 Å². The maximum Gasteiger partial charge on any atom is 0.276 e. The third-order valence-corrected chi connectivity index (χ3v) is 3.74. The number of nitrogens with one attached hydrogen (secondary N) is 2. The Morgan fingerprint density at radius 2 is 1.68 bits per heavy atom. The molecule has 0 aliphatic rings. The van der Waals surface area contributed by atoms with Gasteiger partial charge in [0.2, 0.25) is 0 Å². The molecule has 0 aliphatic heterocycles. The van der Waals surface area contributed by atoms with Gasteiger partial charge in [0, 0.05) is 5.56 Å². The monoisotopic (exact) mass is 386 g/mol. The lowest BCUT2D eigenvalue weighted by Crippen LogP contribution is -2.43. The maximum atomic E-state index is 12.3. The zero-order valence-electron chi connectivity index (χ0n) is 16.4. The van der Waals surface area contributed by atoms with E-state index in [-0.39, 0.29) is 6.61 Å². The Hall–Kier alpha value is -3.22. The summed E-state index contributed by atoms with van der Waals surface area (Å²) >= 11 is 0. The summed E-state index contributed by atoms with van der Waals surface area (Å²) in [4.78, 5) is 24.2. The largest absolute Gasteiger partial charge is 0.490 e. The predicted octanol–water partition coefficient (Wildman–Crippen LogP) is 3.02. The summed E-state index contributed by atoms with van der Waals surface area (Å²) < 4.78 is 16.6. The minimum atomic E-state index is -0.468. The smallest absolute Gasteiger partial charge is 0.276 e. The quantitative estimate of drug-likeness (QED) is 0.647. The van der Waals surface area contributed by atoms with Gasteiger partial charge in [-0.1, -0.05) is 25.1 Å². The zero-order chi connectivity index (χ0) is 20.4. The Morgan fingerprint density at radius 1 is 0.893 bits per heavy atom. The lowest BCUT2D eigenvalue weighted by molar-refractivity contribution is -0.123. The van der Waals surface area contributed by atoms with Gasteiger partial charge in [-0.25, -0.2) is 0 Å². The second kappa shape index (κ2) is 10.8. The molecule has 0 fully saturated rings. The standard InChI is InChI=1S/C21H26N2O5/c1-4-12-27-18-11-10-16(13-19(18)26-5-2)21(25)23-22-20(24)14-28-17-9-7-6-8-15(17)3/h6-11,13H,4-5,12,14H2,1-3H3,(H,22,24)(H,23,25). The Morgan fingerprint density at radius 3 is 2.39 bits per heavy atom. The van der Waals surface area contributed by atoms with Crippen molar-refractivity contribution in [1.29, 1.82) is 0 Å². The van der Waals surface area contributed by atoms with Crippen LogP contribution in [0.1, 0.15) is 36.2 Å². The van der Waals surface area contributed by atoms with Gasteiger partial charge in [-0.15, -0.1) is 0 Å². The average molecular weight is 386 g/mol. The first-order valence-corrected chi connectivity index (χ1v) is 9.22. The van der Waals surface area contributed by atoms with Gasteiger partial charge in [0.25, 0.3) is 11.8 Å². The number of benzene rings is 2. The Kier molecular flexibility index (Phi) is 8.14. The van der Waals surface area contributed by atoms with Crippen LogP contribution in [0.3, 0.4) is 0 Å². The van der Waals surface area contributed by atoms with Crippen molar-refractivity contribution in [2.45, 2.75) is 27.2 Å². The fourth-order valence-electron chi connectivity index (χ4n) is 2.35. The van der Waals surface area contributed by atoms with E-state index >= 15 is 0 Å². The van der Waals surface area contributed by atoms with E-state index in [1.165, 1.54) is 0 Å². The van der Waals surface area contributed by atoms with E-state index in [1.54, 1.807) is 24.3 Å². The summed E-state index contributed by atoms with van der Waals surface area (Å²) in [7, 11) is 0. The van der Waals surface area contributed by atoms with E-state index in [0.717, 1.165) is 12.0 Å². The summed E-state index contributed by atoms with van der Waals surface area (Å²) in [6, 6.07) is 12.2. The number of hydrogen-bond acceptors (Lipinski definition) is 5. The lowest BCUT2D eigenvalue weighted by Gasteiger charge is -2.13. The van der Waals surface area contributed by atoms with Gasteiger partial charge in [-0.2, -0.15) is 0 Å². The van der Waals surface area contributed by atoms with Crippen molar-refractivity contribution in [3.63, 3.8) is 0 Å². The third-order valence-electron chi connectivity index (χ3n) is 3.74. The number of ether oxygens (including phenoxy) is 3. The van der Waals surface area contributed by atoms with E-state index in [1.807, 2.05) is 39.0 Å². The molecule has 0 spiro atoms. The predicted molar refractivity (Wildman–Crippen MR) is 106 cm³/mol. The van der Waals surface area contributed by atoms with Gasteiger partial charge < -0.3 is 14.2 Å². The molecule has 0 bridgehead atoms.